The first-order valence-electron chi connectivity index (χ1n) is 8.73. The average molecular weight is 474 g/mol. The number of hydrogen-bond donors (Lipinski definition) is 0. The van der Waals surface area contributed by atoms with Crippen molar-refractivity contribution in [2.24, 2.45) is 0 Å². The Kier molecular flexibility index (Phi) is 6.21. The topological polar surface area (TPSA) is 54.9 Å². The molecule has 1 aliphatic rings. The molecular formula is C19H19BrF3N3O3. The smallest absolute Gasteiger partial charge is 0.417 e. The third-order valence-electron chi connectivity index (χ3n) is 4.66. The molecule has 1 fully saturated rings. The van der Waals surface area contributed by atoms with Gasteiger partial charge in [-0.25, -0.2) is 4.98 Å². The first-order valence-corrected chi connectivity index (χ1v) is 9.53. The number of methoxy groups -OCH3 is 2. The van der Waals surface area contributed by atoms with Crippen LogP contribution in [0.25, 0.3) is 0 Å². The lowest BCUT2D eigenvalue weighted by Crippen LogP contribution is -2.49. The number of hydrogen-bond acceptors (Lipinski definition) is 5. The third-order valence-corrected chi connectivity index (χ3v) is 5.44. The Hall–Kier alpha value is -2.49. The number of alkyl halides is 3. The lowest BCUT2D eigenvalue weighted by atomic mass is 10.1. The largest absolute Gasteiger partial charge is 0.495 e. The molecule has 1 amide bonds. The Morgan fingerprint density at radius 1 is 1.07 bits per heavy atom. The average Bonchev–Trinajstić information content (AvgIpc) is 2.73. The predicted molar refractivity (Wildman–Crippen MR) is 105 cm³/mol. The number of aromatic nitrogens is 1. The number of carbonyl (C=O) groups excluding carboxylic acids is 1. The van der Waals surface area contributed by atoms with Crippen LogP contribution in [0.5, 0.6) is 11.5 Å². The fourth-order valence-corrected chi connectivity index (χ4v) is 3.61. The molecule has 0 spiro atoms. The second kappa shape index (κ2) is 8.48. The summed E-state index contributed by atoms with van der Waals surface area (Å²) in [5, 5.41) is 0. The minimum Gasteiger partial charge on any atom is -0.495 e. The Morgan fingerprint density at radius 3 is 2.10 bits per heavy atom. The SMILES string of the molecule is COc1cc(C(=O)N2CCN(c3ccc(C(F)(F)F)cn3)CC2)cc(OC)c1Br. The minimum absolute atomic E-state index is 0.172. The monoisotopic (exact) mass is 473 g/mol. The van der Waals surface area contributed by atoms with Crippen LogP contribution in [-0.2, 0) is 6.18 Å². The molecule has 1 aromatic carbocycles. The number of carbonyl (C=O) groups is 1. The van der Waals surface area contributed by atoms with E-state index >= 15 is 0 Å². The molecule has 0 N–H and O–H groups in total. The molecule has 1 saturated heterocycles. The summed E-state index contributed by atoms with van der Waals surface area (Å²) in [6.07, 6.45) is -3.59. The van der Waals surface area contributed by atoms with Gasteiger partial charge in [-0.3, -0.25) is 4.79 Å². The summed E-state index contributed by atoms with van der Waals surface area (Å²) in [5.41, 5.74) is -0.351. The molecule has 0 radical (unpaired) electrons. The van der Waals surface area contributed by atoms with Gasteiger partial charge in [0.25, 0.3) is 5.91 Å². The molecule has 1 aliphatic heterocycles. The maximum absolute atomic E-state index is 12.9. The van der Waals surface area contributed by atoms with Crippen molar-refractivity contribution in [2.75, 3.05) is 45.3 Å². The zero-order valence-electron chi connectivity index (χ0n) is 15.8. The molecule has 0 atom stereocenters. The maximum Gasteiger partial charge on any atom is 0.417 e. The molecule has 0 unspecified atom stereocenters. The lowest BCUT2D eigenvalue weighted by Gasteiger charge is -2.35. The first-order chi connectivity index (χ1) is 13.7. The number of anilines is 1. The first kappa shape index (κ1) is 21.2. The molecule has 6 nitrogen and oxygen atoms in total. The highest BCUT2D eigenvalue weighted by Gasteiger charge is 2.31. The summed E-state index contributed by atoms with van der Waals surface area (Å²) in [6, 6.07) is 5.64. The second-order valence-electron chi connectivity index (χ2n) is 6.38. The van der Waals surface area contributed by atoms with Crippen LogP contribution >= 0.6 is 15.9 Å². The van der Waals surface area contributed by atoms with Crippen molar-refractivity contribution in [3.05, 3.63) is 46.1 Å². The third kappa shape index (κ3) is 4.58. The van der Waals surface area contributed by atoms with Gasteiger partial charge in [0.05, 0.1) is 19.8 Å². The number of piperazine rings is 1. The van der Waals surface area contributed by atoms with Crippen LogP contribution in [0.4, 0.5) is 19.0 Å². The molecule has 0 aliphatic carbocycles. The second-order valence-corrected chi connectivity index (χ2v) is 7.17. The van der Waals surface area contributed by atoms with Gasteiger partial charge in [-0.05, 0) is 40.2 Å². The van der Waals surface area contributed by atoms with E-state index in [9.17, 15) is 18.0 Å². The fourth-order valence-electron chi connectivity index (χ4n) is 3.05. The number of rotatable bonds is 4. The molecule has 1 aromatic heterocycles. The van der Waals surface area contributed by atoms with Crippen molar-refractivity contribution < 1.29 is 27.4 Å². The van der Waals surface area contributed by atoms with Gasteiger partial charge < -0.3 is 19.3 Å². The van der Waals surface area contributed by atoms with E-state index < -0.39 is 11.7 Å². The van der Waals surface area contributed by atoms with Crippen LogP contribution in [0.2, 0.25) is 0 Å². The van der Waals surface area contributed by atoms with Crippen molar-refractivity contribution in [2.45, 2.75) is 6.18 Å². The Labute approximate surface area is 174 Å². The van der Waals surface area contributed by atoms with Gasteiger partial charge in [-0.2, -0.15) is 13.2 Å². The highest BCUT2D eigenvalue weighted by molar-refractivity contribution is 9.10. The molecule has 3 rings (SSSR count). The van der Waals surface area contributed by atoms with E-state index in [2.05, 4.69) is 20.9 Å². The van der Waals surface area contributed by atoms with E-state index in [0.717, 1.165) is 12.3 Å². The van der Waals surface area contributed by atoms with Crippen molar-refractivity contribution in [3.63, 3.8) is 0 Å². The molecule has 29 heavy (non-hydrogen) atoms. The summed E-state index contributed by atoms with van der Waals surface area (Å²) < 4.78 is 49.2. The van der Waals surface area contributed by atoms with Crippen LogP contribution in [0.1, 0.15) is 15.9 Å². The van der Waals surface area contributed by atoms with Crippen LogP contribution in [0.15, 0.2) is 34.9 Å². The molecule has 10 heteroatoms. The van der Waals surface area contributed by atoms with Crippen molar-refractivity contribution >= 4 is 27.7 Å². The molecule has 2 aromatic rings. The van der Waals surface area contributed by atoms with Gasteiger partial charge in [0, 0.05) is 37.9 Å². The van der Waals surface area contributed by atoms with E-state index in [4.69, 9.17) is 9.47 Å². The summed E-state index contributed by atoms with van der Waals surface area (Å²) in [7, 11) is 3.01. The lowest BCUT2D eigenvalue weighted by molar-refractivity contribution is -0.137. The summed E-state index contributed by atoms with van der Waals surface area (Å²) in [4.78, 5) is 20.3. The van der Waals surface area contributed by atoms with Crippen LogP contribution in [0.3, 0.4) is 0 Å². The number of amides is 1. The summed E-state index contributed by atoms with van der Waals surface area (Å²) >= 11 is 3.37. The molecular weight excluding hydrogens is 455 g/mol. The number of ether oxygens (including phenoxy) is 2. The zero-order chi connectivity index (χ0) is 21.2. The summed E-state index contributed by atoms with van der Waals surface area (Å²) in [5.74, 6) is 1.26. The summed E-state index contributed by atoms with van der Waals surface area (Å²) in [6.45, 7) is 1.77. The number of pyridine rings is 1. The number of benzene rings is 1. The van der Waals surface area contributed by atoms with Gasteiger partial charge in [0.1, 0.15) is 21.8 Å². The molecule has 0 bridgehead atoms. The zero-order valence-corrected chi connectivity index (χ0v) is 17.4. The van der Waals surface area contributed by atoms with Crippen LogP contribution in [-0.4, -0.2) is 56.2 Å². The standard InChI is InChI=1S/C19H19BrF3N3O3/c1-28-14-9-12(10-15(29-2)17(14)20)18(27)26-7-5-25(6-8-26)16-4-3-13(11-24-16)19(21,22)23/h3-4,9-11H,5-8H2,1-2H3. The van der Waals surface area contributed by atoms with Crippen molar-refractivity contribution in [3.8, 4) is 11.5 Å². The number of halogens is 4. The fraction of sp³-hybridized carbons (Fsp3) is 0.368. The van der Waals surface area contributed by atoms with E-state index in [-0.39, 0.29) is 5.91 Å². The minimum atomic E-state index is -4.41. The van der Waals surface area contributed by atoms with E-state index in [1.54, 1.807) is 17.0 Å². The van der Waals surface area contributed by atoms with Gasteiger partial charge >= 0.3 is 6.18 Å². The van der Waals surface area contributed by atoms with Gasteiger partial charge in [-0.15, -0.1) is 0 Å². The molecule has 156 valence electrons. The quantitative estimate of drug-likeness (QED) is 0.675. The Balaban J connectivity index is 1.68. The van der Waals surface area contributed by atoms with E-state index in [1.807, 2.05) is 4.90 Å². The van der Waals surface area contributed by atoms with E-state index in [1.165, 1.54) is 20.3 Å². The maximum atomic E-state index is 12.9. The van der Waals surface area contributed by atoms with Crippen LogP contribution in [0, 0.1) is 0 Å². The highest BCUT2D eigenvalue weighted by atomic mass is 79.9. The predicted octanol–water partition coefficient (Wildman–Crippen LogP) is 3.84. The van der Waals surface area contributed by atoms with Crippen molar-refractivity contribution in [1.82, 2.24) is 9.88 Å². The van der Waals surface area contributed by atoms with Crippen LogP contribution < -0.4 is 14.4 Å². The molecule has 2 heterocycles. The Bertz CT molecular complexity index is 857. The van der Waals surface area contributed by atoms with Gasteiger partial charge in [-0.1, -0.05) is 0 Å². The number of nitrogens with zero attached hydrogens (tertiary/aromatic N) is 3. The van der Waals surface area contributed by atoms with Gasteiger partial charge in [0.15, 0.2) is 0 Å². The normalized spacial score (nSPS) is 14.7. The Morgan fingerprint density at radius 2 is 1.66 bits per heavy atom. The van der Waals surface area contributed by atoms with E-state index in [0.29, 0.717) is 53.5 Å². The van der Waals surface area contributed by atoms with Crippen molar-refractivity contribution in [1.29, 1.82) is 0 Å². The van der Waals surface area contributed by atoms with Gasteiger partial charge in [0.2, 0.25) is 0 Å². The molecule has 0 saturated carbocycles. The highest BCUT2D eigenvalue weighted by Crippen LogP contribution is 2.36.